The van der Waals surface area contributed by atoms with Crippen LogP contribution in [0.4, 0.5) is 0 Å². The van der Waals surface area contributed by atoms with Gasteiger partial charge >= 0.3 is 5.97 Å². The lowest BCUT2D eigenvalue weighted by Gasteiger charge is -2.22. The van der Waals surface area contributed by atoms with E-state index in [4.69, 9.17) is 20.8 Å². The first-order chi connectivity index (χ1) is 16.0. The summed E-state index contributed by atoms with van der Waals surface area (Å²) in [4.78, 5) is 32.0. The molecule has 0 bridgehead atoms. The molecule has 0 saturated heterocycles. The molecule has 0 radical (unpaired) electrons. The zero-order valence-electron chi connectivity index (χ0n) is 17.6. The van der Waals surface area contributed by atoms with E-state index in [1.807, 2.05) is 41.8 Å². The minimum absolute atomic E-state index is 0.248. The lowest BCUT2D eigenvalue weighted by molar-refractivity contribution is -0.136. The van der Waals surface area contributed by atoms with Gasteiger partial charge in [0.25, 0.3) is 5.56 Å². The number of hydrogen-bond acceptors (Lipinski definition) is 7. The molecule has 0 saturated carbocycles. The maximum absolute atomic E-state index is 13.5. The molecular weight excluding hydrogens is 480 g/mol. The summed E-state index contributed by atoms with van der Waals surface area (Å²) in [5.41, 5.74) is 1.42. The second-order valence-electron chi connectivity index (χ2n) is 7.27. The smallest absolute Gasteiger partial charge is 0.338 e. The Bertz CT molecular complexity index is 1570. The van der Waals surface area contributed by atoms with Gasteiger partial charge < -0.3 is 9.15 Å². The van der Waals surface area contributed by atoms with Crippen molar-refractivity contribution in [2.24, 2.45) is 4.99 Å². The van der Waals surface area contributed by atoms with Crippen molar-refractivity contribution in [2.75, 3.05) is 7.11 Å². The lowest BCUT2D eigenvalue weighted by Crippen LogP contribution is -2.39. The number of rotatable bonds is 4. The number of methoxy groups -OCH3 is 1. The van der Waals surface area contributed by atoms with E-state index in [1.54, 1.807) is 29.7 Å². The number of carbonyl (C=O) groups excluding carboxylic acids is 1. The van der Waals surface area contributed by atoms with E-state index in [9.17, 15) is 9.59 Å². The van der Waals surface area contributed by atoms with Crippen molar-refractivity contribution >= 4 is 46.3 Å². The highest BCUT2D eigenvalue weighted by Gasteiger charge is 2.33. The van der Waals surface area contributed by atoms with Gasteiger partial charge in [-0.3, -0.25) is 9.36 Å². The van der Waals surface area contributed by atoms with Gasteiger partial charge in [0.1, 0.15) is 17.6 Å². The molecule has 1 atom stereocenters. The number of nitrogens with zero attached hydrogens (tertiary/aromatic N) is 2. The molecule has 6 nitrogen and oxygen atoms in total. The van der Waals surface area contributed by atoms with Crippen LogP contribution in [0.2, 0.25) is 5.02 Å². The van der Waals surface area contributed by atoms with Crippen molar-refractivity contribution in [2.45, 2.75) is 13.0 Å². The van der Waals surface area contributed by atoms with Gasteiger partial charge in [0.2, 0.25) is 0 Å². The molecule has 0 aliphatic carbocycles. The van der Waals surface area contributed by atoms with Crippen LogP contribution in [-0.4, -0.2) is 17.6 Å². The Labute approximate surface area is 201 Å². The molecule has 1 aliphatic rings. The summed E-state index contributed by atoms with van der Waals surface area (Å²) >= 11 is 9.00. The fourth-order valence-electron chi connectivity index (χ4n) is 3.77. The topological polar surface area (TPSA) is 73.8 Å². The van der Waals surface area contributed by atoms with Gasteiger partial charge in [0.05, 0.1) is 27.9 Å². The number of carbonyl (C=O) groups is 1. The Hall–Kier alpha value is -3.20. The molecule has 0 N–H and O–H groups in total. The molecule has 3 aromatic heterocycles. The second kappa shape index (κ2) is 8.62. The van der Waals surface area contributed by atoms with E-state index >= 15 is 0 Å². The number of thiophene rings is 1. The highest BCUT2D eigenvalue weighted by molar-refractivity contribution is 7.10. The third-order valence-electron chi connectivity index (χ3n) is 5.28. The zero-order valence-corrected chi connectivity index (χ0v) is 20.0. The maximum atomic E-state index is 13.5. The normalized spacial score (nSPS) is 16.0. The quantitative estimate of drug-likeness (QED) is 0.393. The van der Waals surface area contributed by atoms with Gasteiger partial charge in [-0.1, -0.05) is 41.1 Å². The van der Waals surface area contributed by atoms with Crippen LogP contribution in [0.15, 0.2) is 79.4 Å². The number of benzene rings is 1. The predicted octanol–water partition coefficient (Wildman–Crippen LogP) is 4.38. The van der Waals surface area contributed by atoms with Gasteiger partial charge in [-0.2, -0.15) is 0 Å². The van der Waals surface area contributed by atoms with E-state index in [-0.39, 0.29) is 5.56 Å². The van der Waals surface area contributed by atoms with Crippen molar-refractivity contribution in [3.05, 3.63) is 101 Å². The number of allylic oxidation sites excluding steroid dienone is 1. The van der Waals surface area contributed by atoms with Crippen molar-refractivity contribution in [1.29, 1.82) is 0 Å². The number of furan rings is 1. The molecule has 33 heavy (non-hydrogen) atoms. The summed E-state index contributed by atoms with van der Waals surface area (Å²) in [5, 5.41) is 2.49. The Morgan fingerprint density at radius 1 is 1.21 bits per heavy atom. The summed E-state index contributed by atoms with van der Waals surface area (Å²) < 4.78 is 13.0. The Kier molecular flexibility index (Phi) is 5.65. The largest absolute Gasteiger partial charge is 0.466 e. The SMILES string of the molecule is COC(=O)C1=C(C)N=c2s/c(=C/c3ccc(-c4ccccc4Cl)o3)c(=O)n2[C@H]1c1cccs1. The Morgan fingerprint density at radius 2 is 2.03 bits per heavy atom. The number of hydrogen-bond donors (Lipinski definition) is 0. The van der Waals surface area contributed by atoms with Gasteiger partial charge in [-0.15, -0.1) is 11.3 Å². The van der Waals surface area contributed by atoms with Crippen LogP contribution in [0.25, 0.3) is 17.4 Å². The van der Waals surface area contributed by atoms with Gasteiger partial charge in [-0.25, -0.2) is 9.79 Å². The lowest BCUT2D eigenvalue weighted by atomic mass is 10.0. The van der Waals surface area contributed by atoms with Gasteiger partial charge in [-0.05, 0) is 42.6 Å². The highest BCUT2D eigenvalue weighted by atomic mass is 35.5. The van der Waals surface area contributed by atoms with E-state index in [0.717, 1.165) is 10.4 Å². The molecule has 4 heterocycles. The average molecular weight is 497 g/mol. The Morgan fingerprint density at radius 3 is 2.76 bits per heavy atom. The number of esters is 1. The molecule has 5 rings (SSSR count). The van der Waals surface area contributed by atoms with E-state index in [1.165, 1.54) is 29.8 Å². The molecule has 0 spiro atoms. The van der Waals surface area contributed by atoms with Crippen molar-refractivity contribution in [1.82, 2.24) is 4.57 Å². The van der Waals surface area contributed by atoms with Gasteiger partial charge in [0, 0.05) is 16.5 Å². The first kappa shape index (κ1) is 21.6. The highest BCUT2D eigenvalue weighted by Crippen LogP contribution is 2.33. The van der Waals surface area contributed by atoms with Crippen LogP contribution in [0.1, 0.15) is 23.6 Å². The van der Waals surface area contributed by atoms with Gasteiger partial charge in [0.15, 0.2) is 4.80 Å². The third kappa shape index (κ3) is 3.80. The number of fused-ring (bicyclic) bond motifs is 1. The van der Waals surface area contributed by atoms with Crippen LogP contribution in [-0.2, 0) is 9.53 Å². The van der Waals surface area contributed by atoms with Crippen molar-refractivity contribution in [3.63, 3.8) is 0 Å². The molecule has 0 amide bonds. The second-order valence-corrected chi connectivity index (χ2v) is 9.67. The average Bonchev–Trinajstić information content (AvgIpc) is 3.55. The Balaban J connectivity index is 1.64. The minimum Gasteiger partial charge on any atom is -0.466 e. The van der Waals surface area contributed by atoms with Crippen LogP contribution in [0.5, 0.6) is 0 Å². The number of thiazole rings is 1. The molecule has 1 aromatic carbocycles. The van der Waals surface area contributed by atoms with E-state index in [2.05, 4.69) is 4.99 Å². The number of halogens is 1. The molecule has 4 aromatic rings. The van der Waals surface area contributed by atoms with Crippen molar-refractivity contribution in [3.8, 4) is 11.3 Å². The molecule has 1 aliphatic heterocycles. The number of ether oxygens (including phenoxy) is 1. The molecule has 166 valence electrons. The summed E-state index contributed by atoms with van der Waals surface area (Å²) in [5.74, 6) is 0.631. The van der Waals surface area contributed by atoms with Crippen LogP contribution in [0.3, 0.4) is 0 Å². The fourth-order valence-corrected chi connectivity index (χ4v) is 5.85. The first-order valence-electron chi connectivity index (χ1n) is 9.97. The summed E-state index contributed by atoms with van der Waals surface area (Å²) in [6.45, 7) is 1.76. The summed E-state index contributed by atoms with van der Waals surface area (Å²) in [6, 6.07) is 14.2. The summed E-state index contributed by atoms with van der Waals surface area (Å²) in [6.07, 6.45) is 1.69. The van der Waals surface area contributed by atoms with E-state index in [0.29, 0.717) is 37.1 Å². The van der Waals surface area contributed by atoms with Crippen molar-refractivity contribution < 1.29 is 13.9 Å². The molecule has 9 heteroatoms. The number of aromatic nitrogens is 1. The monoisotopic (exact) mass is 496 g/mol. The molecule has 0 fully saturated rings. The fraction of sp³-hybridized carbons (Fsp3) is 0.125. The summed E-state index contributed by atoms with van der Waals surface area (Å²) in [7, 11) is 1.33. The maximum Gasteiger partial charge on any atom is 0.338 e. The molecular formula is C24H17ClN2O4S2. The van der Waals surface area contributed by atoms with E-state index < -0.39 is 12.0 Å². The standard InChI is InChI=1S/C24H17ClN2O4S2/c1-13-20(23(29)30-2)21(18-8-5-11-32-18)27-22(28)19(33-24(27)26-13)12-14-9-10-17(31-14)15-6-3-4-7-16(15)25/h3-12,21H,1-2H3/b19-12+/t21-/m0/s1. The van der Waals surface area contributed by atoms with Crippen LogP contribution < -0.4 is 14.9 Å². The first-order valence-corrected chi connectivity index (χ1v) is 12.0. The minimum atomic E-state index is -0.592. The van der Waals surface area contributed by atoms with Crippen LogP contribution in [0, 0.1) is 0 Å². The third-order valence-corrected chi connectivity index (χ3v) is 7.52. The molecule has 0 unspecified atom stereocenters. The van der Waals surface area contributed by atoms with Crippen LogP contribution >= 0.6 is 34.3 Å². The zero-order chi connectivity index (χ0) is 23.1. The predicted molar refractivity (Wildman–Crippen MR) is 129 cm³/mol.